The molecule has 0 aliphatic carbocycles. The van der Waals surface area contributed by atoms with E-state index in [0.717, 1.165) is 55.6 Å². The third-order valence-electron chi connectivity index (χ3n) is 4.60. The van der Waals surface area contributed by atoms with Gasteiger partial charge in [0.2, 0.25) is 0 Å². The van der Waals surface area contributed by atoms with E-state index in [1.54, 1.807) is 0 Å². The second-order valence-electron chi connectivity index (χ2n) is 6.40. The van der Waals surface area contributed by atoms with E-state index in [4.69, 9.17) is 11.6 Å². The van der Waals surface area contributed by atoms with Crippen LogP contribution in [0.3, 0.4) is 0 Å². The highest BCUT2D eigenvalue weighted by atomic mass is 35.5. The second-order valence-corrected chi connectivity index (χ2v) is 6.84. The normalized spacial score (nSPS) is 11.8. The van der Waals surface area contributed by atoms with Gasteiger partial charge in [-0.2, -0.15) is 0 Å². The van der Waals surface area contributed by atoms with Crippen LogP contribution < -0.4 is 0 Å². The SMILES string of the molecule is CCN(CC)CCCCC(=Cc1ccc(Cl)cc1)C(=O)c1ccccc1. The van der Waals surface area contributed by atoms with Crippen molar-refractivity contribution in [3.05, 3.63) is 76.3 Å². The molecule has 0 N–H and O–H groups in total. The van der Waals surface area contributed by atoms with Gasteiger partial charge in [-0.15, -0.1) is 0 Å². The van der Waals surface area contributed by atoms with Crippen molar-refractivity contribution >= 4 is 23.5 Å². The molecule has 0 spiro atoms. The zero-order valence-electron chi connectivity index (χ0n) is 15.7. The van der Waals surface area contributed by atoms with Crippen molar-refractivity contribution in [3.63, 3.8) is 0 Å². The van der Waals surface area contributed by atoms with E-state index >= 15 is 0 Å². The molecular formula is C23H28ClNO. The fraction of sp³-hybridized carbons (Fsp3) is 0.348. The molecule has 0 amide bonds. The van der Waals surface area contributed by atoms with Crippen LogP contribution in [0, 0.1) is 0 Å². The van der Waals surface area contributed by atoms with Crippen molar-refractivity contribution in [1.29, 1.82) is 0 Å². The molecule has 0 fully saturated rings. The van der Waals surface area contributed by atoms with Gasteiger partial charge in [-0.1, -0.05) is 67.9 Å². The number of rotatable bonds is 10. The van der Waals surface area contributed by atoms with Gasteiger partial charge in [-0.25, -0.2) is 0 Å². The number of allylic oxidation sites excluding steroid dienone is 1. The third-order valence-corrected chi connectivity index (χ3v) is 4.86. The summed E-state index contributed by atoms with van der Waals surface area (Å²) in [7, 11) is 0. The van der Waals surface area contributed by atoms with Crippen LogP contribution in [-0.2, 0) is 0 Å². The highest BCUT2D eigenvalue weighted by molar-refractivity contribution is 6.30. The number of halogens is 1. The van der Waals surface area contributed by atoms with Gasteiger partial charge in [0.25, 0.3) is 0 Å². The Labute approximate surface area is 162 Å². The first-order valence-electron chi connectivity index (χ1n) is 9.42. The zero-order chi connectivity index (χ0) is 18.8. The van der Waals surface area contributed by atoms with Gasteiger partial charge in [-0.05, 0) is 62.7 Å². The maximum absolute atomic E-state index is 13.0. The Morgan fingerprint density at radius 2 is 1.62 bits per heavy atom. The molecule has 2 aromatic carbocycles. The molecule has 0 aliphatic heterocycles. The quantitative estimate of drug-likeness (QED) is 0.285. The summed E-state index contributed by atoms with van der Waals surface area (Å²) < 4.78 is 0. The lowest BCUT2D eigenvalue weighted by Gasteiger charge is -2.17. The monoisotopic (exact) mass is 369 g/mol. The van der Waals surface area contributed by atoms with Crippen molar-refractivity contribution in [1.82, 2.24) is 4.90 Å². The van der Waals surface area contributed by atoms with Crippen molar-refractivity contribution < 1.29 is 4.79 Å². The molecule has 138 valence electrons. The second kappa shape index (κ2) is 10.9. The standard InChI is InChI=1S/C23H28ClNO/c1-3-25(4-2)17-9-8-12-21(18-19-13-15-22(24)16-14-19)23(26)20-10-6-5-7-11-20/h5-7,10-11,13-16,18H,3-4,8-9,12,17H2,1-2H3. The number of hydrogen-bond acceptors (Lipinski definition) is 2. The van der Waals surface area contributed by atoms with Crippen molar-refractivity contribution in [2.24, 2.45) is 0 Å². The Morgan fingerprint density at radius 3 is 2.23 bits per heavy atom. The molecule has 0 aromatic heterocycles. The summed E-state index contributed by atoms with van der Waals surface area (Å²) in [5, 5.41) is 0.706. The Kier molecular flexibility index (Phi) is 8.60. The van der Waals surface area contributed by atoms with Crippen molar-refractivity contribution in [2.75, 3.05) is 19.6 Å². The minimum atomic E-state index is 0.114. The van der Waals surface area contributed by atoms with Crippen LogP contribution >= 0.6 is 11.6 Å². The summed E-state index contributed by atoms with van der Waals surface area (Å²) in [4.78, 5) is 15.4. The van der Waals surface area contributed by atoms with Gasteiger partial charge >= 0.3 is 0 Å². The number of benzene rings is 2. The largest absolute Gasteiger partial charge is 0.304 e. The number of hydrogen-bond donors (Lipinski definition) is 0. The number of unbranched alkanes of at least 4 members (excludes halogenated alkanes) is 1. The lowest BCUT2D eigenvalue weighted by molar-refractivity contribution is 0.103. The topological polar surface area (TPSA) is 20.3 Å². The molecule has 26 heavy (non-hydrogen) atoms. The van der Waals surface area contributed by atoms with Gasteiger partial charge in [0.15, 0.2) is 5.78 Å². The van der Waals surface area contributed by atoms with Crippen LogP contribution in [0.25, 0.3) is 6.08 Å². The van der Waals surface area contributed by atoms with Crippen LogP contribution in [0.1, 0.15) is 49.0 Å². The minimum absolute atomic E-state index is 0.114. The molecule has 0 saturated carbocycles. The minimum Gasteiger partial charge on any atom is -0.304 e. The highest BCUT2D eigenvalue weighted by Crippen LogP contribution is 2.20. The number of carbonyl (C=O) groups is 1. The molecule has 0 heterocycles. The van der Waals surface area contributed by atoms with Crippen LogP contribution in [0.5, 0.6) is 0 Å². The summed E-state index contributed by atoms with van der Waals surface area (Å²) >= 11 is 5.97. The van der Waals surface area contributed by atoms with E-state index in [1.807, 2.05) is 60.7 Å². The molecular weight excluding hydrogens is 342 g/mol. The van der Waals surface area contributed by atoms with E-state index in [1.165, 1.54) is 0 Å². The first-order chi connectivity index (χ1) is 12.6. The number of ketones is 1. The molecule has 0 saturated heterocycles. The average Bonchev–Trinajstić information content (AvgIpc) is 2.69. The first kappa shape index (κ1) is 20.4. The van der Waals surface area contributed by atoms with E-state index in [-0.39, 0.29) is 5.78 Å². The van der Waals surface area contributed by atoms with Gasteiger partial charge in [0.05, 0.1) is 0 Å². The summed E-state index contributed by atoms with van der Waals surface area (Å²) in [5.41, 5.74) is 2.62. The van der Waals surface area contributed by atoms with E-state index < -0.39 is 0 Å². The van der Waals surface area contributed by atoms with E-state index in [2.05, 4.69) is 18.7 Å². The maximum atomic E-state index is 13.0. The van der Waals surface area contributed by atoms with Crippen LogP contribution in [-0.4, -0.2) is 30.3 Å². The molecule has 2 rings (SSSR count). The average molecular weight is 370 g/mol. The highest BCUT2D eigenvalue weighted by Gasteiger charge is 2.12. The molecule has 0 radical (unpaired) electrons. The summed E-state index contributed by atoms with van der Waals surface area (Å²) in [6.45, 7) is 7.61. The molecule has 2 aromatic rings. The molecule has 0 bridgehead atoms. The fourth-order valence-corrected chi connectivity index (χ4v) is 3.10. The van der Waals surface area contributed by atoms with E-state index in [9.17, 15) is 4.79 Å². The number of Topliss-reactive ketones (excluding diaryl/α,β-unsaturated/α-hetero) is 1. The lowest BCUT2D eigenvalue weighted by atomic mass is 9.96. The Balaban J connectivity index is 2.11. The first-order valence-corrected chi connectivity index (χ1v) is 9.80. The van der Waals surface area contributed by atoms with Gasteiger partial charge < -0.3 is 4.90 Å². The third kappa shape index (κ3) is 6.44. The number of carbonyl (C=O) groups excluding carboxylic acids is 1. The lowest BCUT2D eigenvalue weighted by Crippen LogP contribution is -2.23. The molecule has 0 unspecified atom stereocenters. The Bertz CT molecular complexity index is 703. The Morgan fingerprint density at radius 1 is 0.962 bits per heavy atom. The van der Waals surface area contributed by atoms with Gasteiger partial charge in [0.1, 0.15) is 0 Å². The number of nitrogens with zero attached hydrogens (tertiary/aromatic N) is 1. The summed E-state index contributed by atoms with van der Waals surface area (Å²) in [6.07, 6.45) is 4.90. The summed E-state index contributed by atoms with van der Waals surface area (Å²) in [6, 6.07) is 17.1. The molecule has 0 atom stereocenters. The molecule has 0 aliphatic rings. The fourth-order valence-electron chi connectivity index (χ4n) is 2.98. The maximum Gasteiger partial charge on any atom is 0.189 e. The molecule has 3 heteroatoms. The predicted octanol–water partition coefficient (Wildman–Crippen LogP) is 6.12. The van der Waals surface area contributed by atoms with Gasteiger partial charge in [0, 0.05) is 16.2 Å². The smallest absolute Gasteiger partial charge is 0.189 e. The van der Waals surface area contributed by atoms with Gasteiger partial charge in [-0.3, -0.25) is 4.79 Å². The van der Waals surface area contributed by atoms with E-state index in [0.29, 0.717) is 5.02 Å². The predicted molar refractivity (Wildman–Crippen MR) is 112 cm³/mol. The molecule has 2 nitrogen and oxygen atoms in total. The van der Waals surface area contributed by atoms with Crippen LogP contribution in [0.15, 0.2) is 60.2 Å². The summed E-state index contributed by atoms with van der Waals surface area (Å²) in [5.74, 6) is 0.114. The van der Waals surface area contributed by atoms with Crippen LogP contribution in [0.2, 0.25) is 5.02 Å². The zero-order valence-corrected chi connectivity index (χ0v) is 16.5. The Hall–Kier alpha value is -1.90. The van der Waals surface area contributed by atoms with Crippen molar-refractivity contribution in [2.45, 2.75) is 33.1 Å². The van der Waals surface area contributed by atoms with Crippen LogP contribution in [0.4, 0.5) is 0 Å². The van der Waals surface area contributed by atoms with Crippen molar-refractivity contribution in [3.8, 4) is 0 Å².